The van der Waals surface area contributed by atoms with Crippen molar-refractivity contribution >= 4 is 5.97 Å². The number of phenols is 1. The van der Waals surface area contributed by atoms with Crippen LogP contribution in [0.2, 0.25) is 0 Å². The van der Waals surface area contributed by atoms with E-state index in [-0.39, 0.29) is 24.1 Å². The van der Waals surface area contributed by atoms with E-state index < -0.39 is 0 Å². The first-order valence-corrected chi connectivity index (χ1v) is 8.58. The normalized spacial score (nSPS) is 15.6. The Bertz CT molecular complexity index is 978. The number of carbonyl (C=O) groups excluding carboxylic acids is 1. The molecule has 1 aliphatic heterocycles. The third-order valence-corrected chi connectivity index (χ3v) is 4.55. The molecule has 1 aliphatic rings. The minimum Gasteiger partial charge on any atom is -0.508 e. The van der Waals surface area contributed by atoms with E-state index in [0.29, 0.717) is 23.0 Å². The van der Waals surface area contributed by atoms with E-state index in [0.717, 1.165) is 11.1 Å². The maximum absolute atomic E-state index is 12.0. The quantitative estimate of drug-likeness (QED) is 0.541. The Kier molecular flexibility index (Phi) is 4.42. The number of carbonyl (C=O) groups is 1. The van der Waals surface area contributed by atoms with Gasteiger partial charge in [-0.3, -0.25) is 4.79 Å². The van der Waals surface area contributed by atoms with Gasteiger partial charge in [0.05, 0.1) is 13.5 Å². The lowest BCUT2D eigenvalue weighted by atomic mass is 9.86. The van der Waals surface area contributed by atoms with Crippen molar-refractivity contribution in [2.24, 2.45) is 0 Å². The summed E-state index contributed by atoms with van der Waals surface area (Å²) in [5, 5.41) is 9.63. The molecule has 0 aliphatic carbocycles. The fourth-order valence-electron chi connectivity index (χ4n) is 3.24. The van der Waals surface area contributed by atoms with Gasteiger partial charge in [-0.05, 0) is 35.9 Å². The number of esters is 1. The Morgan fingerprint density at radius 1 is 1.00 bits per heavy atom. The molecule has 5 nitrogen and oxygen atoms in total. The molecule has 1 unspecified atom stereocenters. The van der Waals surface area contributed by atoms with Gasteiger partial charge in [0.25, 0.3) is 0 Å². The van der Waals surface area contributed by atoms with Crippen LogP contribution in [0.1, 0.15) is 23.5 Å². The summed E-state index contributed by atoms with van der Waals surface area (Å²) in [6.45, 7) is 0. The number of benzene rings is 3. The molecule has 27 heavy (non-hydrogen) atoms. The molecule has 4 rings (SSSR count). The molecule has 1 heterocycles. The number of fused-ring (bicyclic) bond motifs is 1. The maximum atomic E-state index is 12.0. The number of para-hydroxylation sites is 2. The van der Waals surface area contributed by atoms with Gasteiger partial charge in [0.15, 0.2) is 11.5 Å². The van der Waals surface area contributed by atoms with Gasteiger partial charge in [0.2, 0.25) is 0 Å². The van der Waals surface area contributed by atoms with Crippen molar-refractivity contribution in [2.45, 2.75) is 12.3 Å². The summed E-state index contributed by atoms with van der Waals surface area (Å²) in [5.41, 5.74) is 1.86. The Balaban J connectivity index is 1.60. The number of rotatable bonds is 4. The van der Waals surface area contributed by atoms with Crippen LogP contribution in [0, 0.1) is 0 Å². The molecule has 0 aromatic heterocycles. The third-order valence-electron chi connectivity index (χ3n) is 4.55. The van der Waals surface area contributed by atoms with Crippen molar-refractivity contribution in [1.82, 2.24) is 0 Å². The molecule has 1 atom stereocenters. The van der Waals surface area contributed by atoms with Gasteiger partial charge < -0.3 is 19.3 Å². The van der Waals surface area contributed by atoms with E-state index in [2.05, 4.69) is 0 Å². The topological polar surface area (TPSA) is 65.0 Å². The van der Waals surface area contributed by atoms with E-state index >= 15 is 0 Å². The minimum absolute atomic E-state index is 0.0720. The zero-order valence-corrected chi connectivity index (χ0v) is 14.7. The van der Waals surface area contributed by atoms with Gasteiger partial charge in [-0.2, -0.15) is 0 Å². The fourth-order valence-corrected chi connectivity index (χ4v) is 3.24. The highest BCUT2D eigenvalue weighted by atomic mass is 16.5. The van der Waals surface area contributed by atoms with Crippen LogP contribution in [-0.2, 0) is 4.79 Å². The lowest BCUT2D eigenvalue weighted by Crippen LogP contribution is -2.20. The number of phenolic OH excluding ortho intramolecular Hbond substituents is 1. The predicted molar refractivity (Wildman–Crippen MR) is 99.7 cm³/mol. The summed E-state index contributed by atoms with van der Waals surface area (Å²) in [5.74, 6) is 2.01. The summed E-state index contributed by atoms with van der Waals surface area (Å²) in [4.78, 5) is 12.0. The zero-order valence-electron chi connectivity index (χ0n) is 14.7. The van der Waals surface area contributed by atoms with Gasteiger partial charge in [0.1, 0.15) is 17.2 Å². The van der Waals surface area contributed by atoms with Crippen LogP contribution in [0.5, 0.6) is 28.7 Å². The summed E-state index contributed by atoms with van der Waals surface area (Å²) < 4.78 is 16.5. The van der Waals surface area contributed by atoms with Crippen LogP contribution < -0.4 is 14.2 Å². The Morgan fingerprint density at radius 3 is 2.48 bits per heavy atom. The van der Waals surface area contributed by atoms with Crippen LogP contribution in [0.3, 0.4) is 0 Å². The Morgan fingerprint density at radius 2 is 1.74 bits per heavy atom. The average molecular weight is 362 g/mol. The SMILES string of the molecule is COc1ccccc1Oc1ccc(C2CC(=O)Oc3cc(O)ccc32)cc1. The van der Waals surface area contributed by atoms with E-state index in [1.807, 2.05) is 48.5 Å². The largest absolute Gasteiger partial charge is 0.508 e. The standard InChI is InChI=1S/C22H18O5/c1-25-19-4-2-3-5-20(19)26-16-9-6-14(7-10-16)18-13-22(24)27-21-12-15(23)8-11-17(18)21/h2-12,18,23H,13H2,1H3. The predicted octanol–water partition coefficient (Wildman–Crippen LogP) is 4.63. The molecule has 3 aromatic rings. The third kappa shape index (κ3) is 3.44. The molecule has 0 amide bonds. The van der Waals surface area contributed by atoms with E-state index in [9.17, 15) is 9.90 Å². The van der Waals surface area contributed by atoms with Crippen molar-refractivity contribution in [3.05, 3.63) is 77.9 Å². The summed E-state index contributed by atoms with van der Waals surface area (Å²) >= 11 is 0. The molecule has 0 spiro atoms. The fraction of sp³-hybridized carbons (Fsp3) is 0.136. The molecule has 3 aromatic carbocycles. The molecule has 0 saturated heterocycles. The zero-order chi connectivity index (χ0) is 18.8. The van der Waals surface area contributed by atoms with Gasteiger partial charge in [-0.25, -0.2) is 0 Å². The molecule has 136 valence electrons. The van der Waals surface area contributed by atoms with Crippen LogP contribution >= 0.6 is 0 Å². The lowest BCUT2D eigenvalue weighted by molar-refractivity contribution is -0.135. The first-order chi connectivity index (χ1) is 13.1. The number of hydrogen-bond donors (Lipinski definition) is 1. The molecule has 0 saturated carbocycles. The second-order valence-corrected chi connectivity index (χ2v) is 6.27. The number of aromatic hydroxyl groups is 1. The van der Waals surface area contributed by atoms with Crippen LogP contribution in [0.4, 0.5) is 0 Å². The number of ether oxygens (including phenoxy) is 3. The van der Waals surface area contributed by atoms with Gasteiger partial charge in [-0.15, -0.1) is 0 Å². The molecular weight excluding hydrogens is 344 g/mol. The molecule has 5 heteroatoms. The summed E-state index contributed by atoms with van der Waals surface area (Å²) in [7, 11) is 1.60. The summed E-state index contributed by atoms with van der Waals surface area (Å²) in [6.07, 6.45) is 0.254. The summed E-state index contributed by atoms with van der Waals surface area (Å²) in [6, 6.07) is 19.9. The van der Waals surface area contributed by atoms with Crippen LogP contribution in [-0.4, -0.2) is 18.2 Å². The van der Waals surface area contributed by atoms with Gasteiger partial charge >= 0.3 is 5.97 Å². The second-order valence-electron chi connectivity index (χ2n) is 6.27. The van der Waals surface area contributed by atoms with E-state index in [4.69, 9.17) is 14.2 Å². The van der Waals surface area contributed by atoms with E-state index in [1.165, 1.54) is 6.07 Å². The first-order valence-electron chi connectivity index (χ1n) is 8.58. The first kappa shape index (κ1) is 17.0. The van der Waals surface area contributed by atoms with Crippen molar-refractivity contribution in [3.8, 4) is 28.7 Å². The van der Waals surface area contributed by atoms with Crippen molar-refractivity contribution in [3.63, 3.8) is 0 Å². The van der Waals surface area contributed by atoms with Gasteiger partial charge in [0, 0.05) is 17.5 Å². The smallest absolute Gasteiger partial charge is 0.312 e. The van der Waals surface area contributed by atoms with Crippen molar-refractivity contribution in [1.29, 1.82) is 0 Å². The second kappa shape index (κ2) is 7.03. The lowest BCUT2D eigenvalue weighted by Gasteiger charge is -2.25. The molecule has 1 N–H and O–H groups in total. The molecule has 0 radical (unpaired) electrons. The van der Waals surface area contributed by atoms with E-state index in [1.54, 1.807) is 19.2 Å². The minimum atomic E-state index is -0.313. The van der Waals surface area contributed by atoms with Crippen molar-refractivity contribution in [2.75, 3.05) is 7.11 Å². The maximum Gasteiger partial charge on any atom is 0.312 e. The van der Waals surface area contributed by atoms with Crippen molar-refractivity contribution < 1.29 is 24.1 Å². The Labute approximate surface area is 156 Å². The molecule has 0 fully saturated rings. The average Bonchev–Trinajstić information content (AvgIpc) is 2.68. The van der Waals surface area contributed by atoms with Gasteiger partial charge in [-0.1, -0.05) is 30.3 Å². The number of hydrogen-bond acceptors (Lipinski definition) is 5. The number of methoxy groups -OCH3 is 1. The highest BCUT2D eigenvalue weighted by Gasteiger charge is 2.28. The molecule has 0 bridgehead atoms. The van der Waals surface area contributed by atoms with Crippen LogP contribution in [0.25, 0.3) is 0 Å². The molecular formula is C22H18O5. The Hall–Kier alpha value is -3.47. The monoisotopic (exact) mass is 362 g/mol. The highest BCUT2D eigenvalue weighted by molar-refractivity contribution is 5.78. The highest BCUT2D eigenvalue weighted by Crippen LogP contribution is 2.41. The van der Waals surface area contributed by atoms with Crippen LogP contribution in [0.15, 0.2) is 66.7 Å².